The summed E-state index contributed by atoms with van der Waals surface area (Å²) in [6.45, 7) is 5.93. The number of pyridine rings is 1. The Hall–Kier alpha value is -3.29. The fourth-order valence-corrected chi connectivity index (χ4v) is 6.99. The zero-order chi connectivity index (χ0) is 26.5. The Balaban J connectivity index is 1.45. The van der Waals surface area contributed by atoms with Gasteiger partial charge in [0, 0.05) is 62.1 Å². The Morgan fingerprint density at radius 1 is 1.38 bits per heavy atom. The zero-order valence-electron chi connectivity index (χ0n) is 20.8. The maximum absolute atomic E-state index is 14.4. The summed E-state index contributed by atoms with van der Waals surface area (Å²) in [7, 11) is -0.814. The van der Waals surface area contributed by atoms with Crippen molar-refractivity contribution >= 4 is 16.0 Å². The van der Waals surface area contributed by atoms with Crippen LogP contribution in [0.3, 0.4) is 0 Å². The fourth-order valence-electron chi connectivity index (χ4n) is 5.85. The Labute approximate surface area is 214 Å². The molecule has 0 amide bonds. The minimum atomic E-state index is -3.89. The molecule has 5 rings (SSSR count). The first-order chi connectivity index (χ1) is 17.7. The van der Waals surface area contributed by atoms with Gasteiger partial charge in [-0.1, -0.05) is 12.6 Å². The van der Waals surface area contributed by atoms with Crippen LogP contribution in [-0.4, -0.2) is 60.4 Å². The number of rotatable bonds is 10. The quantitative estimate of drug-likeness (QED) is 0.471. The summed E-state index contributed by atoms with van der Waals surface area (Å²) >= 11 is 0. The second kappa shape index (κ2) is 9.23. The normalized spacial score (nSPS) is 24.2. The average Bonchev–Trinajstić information content (AvgIpc) is 3.41. The van der Waals surface area contributed by atoms with Gasteiger partial charge in [0.2, 0.25) is 0 Å². The van der Waals surface area contributed by atoms with Crippen LogP contribution >= 0.6 is 0 Å². The van der Waals surface area contributed by atoms with Crippen LogP contribution < -0.4 is 15.6 Å². The highest BCUT2D eigenvalue weighted by atomic mass is 32.2. The van der Waals surface area contributed by atoms with Gasteiger partial charge in [-0.15, -0.1) is 5.10 Å². The molecule has 198 valence electrons. The van der Waals surface area contributed by atoms with Crippen molar-refractivity contribution in [2.45, 2.75) is 31.5 Å². The molecule has 0 radical (unpaired) electrons. The lowest BCUT2D eigenvalue weighted by molar-refractivity contribution is 0.0768. The predicted octanol–water partition coefficient (Wildman–Crippen LogP) is 1.49. The first-order valence-electron chi connectivity index (χ1n) is 11.8. The fraction of sp³-hybridized carbons (Fsp3) is 0.458. The first kappa shape index (κ1) is 25.4. The Morgan fingerprint density at radius 3 is 2.81 bits per heavy atom. The molecule has 1 aliphatic carbocycles. The van der Waals surface area contributed by atoms with Crippen LogP contribution in [0.1, 0.15) is 24.2 Å². The van der Waals surface area contributed by atoms with Crippen LogP contribution in [0.5, 0.6) is 0 Å². The third-order valence-electron chi connectivity index (χ3n) is 7.53. The number of anilines is 1. The number of methoxy groups -OCH3 is 2. The van der Waals surface area contributed by atoms with Gasteiger partial charge in [0.15, 0.2) is 11.7 Å². The van der Waals surface area contributed by atoms with Gasteiger partial charge >= 0.3 is 10.2 Å². The van der Waals surface area contributed by atoms with Gasteiger partial charge in [0.05, 0.1) is 25.2 Å². The van der Waals surface area contributed by atoms with Gasteiger partial charge in [0.25, 0.3) is 5.56 Å². The van der Waals surface area contributed by atoms with Crippen molar-refractivity contribution in [2.75, 3.05) is 32.1 Å². The van der Waals surface area contributed by atoms with Gasteiger partial charge < -0.3 is 19.4 Å². The van der Waals surface area contributed by atoms with Crippen LogP contribution in [-0.2, 0) is 32.6 Å². The molecule has 0 aromatic carbocycles. The summed E-state index contributed by atoms with van der Waals surface area (Å²) < 4.78 is 56.6. The van der Waals surface area contributed by atoms with E-state index < -0.39 is 33.5 Å². The minimum absolute atomic E-state index is 0.0825. The monoisotopic (exact) mass is 532 g/mol. The van der Waals surface area contributed by atoms with E-state index in [-0.39, 0.29) is 37.0 Å². The number of halogens is 1. The summed E-state index contributed by atoms with van der Waals surface area (Å²) in [4.78, 5) is 13.2. The summed E-state index contributed by atoms with van der Waals surface area (Å²) in [6, 6.07) is 5.80. The van der Waals surface area contributed by atoms with Crippen molar-refractivity contribution in [3.05, 3.63) is 75.9 Å². The largest absolute Gasteiger partial charge is 0.482 e. The summed E-state index contributed by atoms with van der Waals surface area (Å²) in [6.07, 6.45) is 1.77. The van der Waals surface area contributed by atoms with Crippen molar-refractivity contribution < 1.29 is 22.3 Å². The van der Waals surface area contributed by atoms with Crippen LogP contribution in [0, 0.1) is 11.8 Å². The number of nitrogens with one attached hydrogen (secondary N) is 2. The topological polar surface area (TPSA) is 128 Å². The van der Waals surface area contributed by atoms with Gasteiger partial charge in [-0.2, -0.15) is 17.8 Å². The highest BCUT2D eigenvalue weighted by Crippen LogP contribution is 2.67. The lowest BCUT2D eigenvalue weighted by Crippen LogP contribution is -2.52. The van der Waals surface area contributed by atoms with E-state index in [1.807, 2.05) is 6.92 Å². The summed E-state index contributed by atoms with van der Waals surface area (Å²) in [5.41, 5.74) is 1.30. The molecule has 2 aromatic rings. The molecule has 13 heteroatoms. The van der Waals surface area contributed by atoms with Crippen LogP contribution in [0.4, 0.5) is 10.2 Å². The van der Waals surface area contributed by atoms with Gasteiger partial charge in [0.1, 0.15) is 5.83 Å². The van der Waals surface area contributed by atoms with Crippen LogP contribution in [0.15, 0.2) is 59.1 Å². The Bertz CT molecular complexity index is 1430. The third kappa shape index (κ3) is 4.01. The van der Waals surface area contributed by atoms with Gasteiger partial charge in [-0.3, -0.25) is 9.52 Å². The number of ether oxygens (including phenoxy) is 2. The van der Waals surface area contributed by atoms with E-state index in [9.17, 15) is 17.6 Å². The minimum Gasteiger partial charge on any atom is -0.482 e. The van der Waals surface area contributed by atoms with Gasteiger partial charge in [-0.25, -0.2) is 4.39 Å². The number of nitrogens with zero attached hydrogens (tertiary/aromatic N) is 4. The molecule has 4 atom stereocenters. The number of hydrogen-bond donors (Lipinski definition) is 2. The number of aromatic nitrogens is 3. The highest BCUT2D eigenvalue weighted by Gasteiger charge is 2.75. The maximum atomic E-state index is 14.4. The van der Waals surface area contributed by atoms with E-state index in [0.717, 1.165) is 11.3 Å². The molecule has 0 saturated heterocycles. The van der Waals surface area contributed by atoms with Crippen molar-refractivity contribution in [1.82, 2.24) is 24.4 Å². The predicted molar refractivity (Wildman–Crippen MR) is 133 cm³/mol. The zero-order valence-corrected chi connectivity index (χ0v) is 21.6. The molecule has 1 unspecified atom stereocenters. The molecule has 0 bridgehead atoms. The Morgan fingerprint density at radius 2 is 2.16 bits per heavy atom. The van der Waals surface area contributed by atoms with E-state index in [0.29, 0.717) is 17.9 Å². The molecular weight excluding hydrogens is 503 g/mol. The molecule has 2 aromatic heterocycles. The van der Waals surface area contributed by atoms with Crippen molar-refractivity contribution in [1.29, 1.82) is 0 Å². The average molecular weight is 533 g/mol. The van der Waals surface area contributed by atoms with Crippen molar-refractivity contribution in [3.63, 3.8) is 0 Å². The first-order valence-corrected chi connectivity index (χ1v) is 13.3. The highest BCUT2D eigenvalue weighted by molar-refractivity contribution is 7.90. The van der Waals surface area contributed by atoms with Crippen molar-refractivity contribution in [3.8, 4) is 0 Å². The standard InChI is InChI=1S/C24H29FN6O5S/c1-14(25)21-22-23(36-4)27-24(21,22)17(13-35-3)15(2)31-18-9-11-30(12-16(18)7-8-20(31)32)37(33,34)29-19-6-5-10-26-28-19/h5-8,10,15,17,21,27H,1,9,11-13H2,2-4H3,(H,28,29)/t15-,17-,21-,24?/m0/s1. The number of fused-ring (bicyclic) bond motifs is 2. The smallest absolute Gasteiger partial charge is 0.303 e. The maximum Gasteiger partial charge on any atom is 0.303 e. The Kier molecular flexibility index (Phi) is 6.32. The molecule has 0 spiro atoms. The molecule has 11 nitrogen and oxygen atoms in total. The molecule has 1 fully saturated rings. The molecular formula is C24H29FN6O5S. The molecule has 2 aliphatic heterocycles. The molecule has 4 heterocycles. The van der Waals surface area contributed by atoms with Gasteiger partial charge in [-0.05, 0) is 24.6 Å². The third-order valence-corrected chi connectivity index (χ3v) is 8.98. The number of hydrogen-bond acceptors (Lipinski definition) is 8. The lowest BCUT2D eigenvalue weighted by Gasteiger charge is -2.39. The van der Waals surface area contributed by atoms with Crippen LogP contribution in [0.25, 0.3) is 0 Å². The second-order valence-corrected chi connectivity index (χ2v) is 11.1. The van der Waals surface area contributed by atoms with E-state index in [1.54, 1.807) is 23.8 Å². The van der Waals surface area contributed by atoms with E-state index in [1.165, 1.54) is 29.7 Å². The van der Waals surface area contributed by atoms with E-state index in [4.69, 9.17) is 9.47 Å². The molecule has 3 aliphatic rings. The van der Waals surface area contributed by atoms with Crippen molar-refractivity contribution in [2.24, 2.45) is 11.8 Å². The van der Waals surface area contributed by atoms with Crippen LogP contribution in [0.2, 0.25) is 0 Å². The lowest BCUT2D eigenvalue weighted by atomic mass is 9.85. The van der Waals surface area contributed by atoms with E-state index >= 15 is 0 Å². The molecule has 1 saturated carbocycles. The van der Waals surface area contributed by atoms with E-state index in [2.05, 4.69) is 26.8 Å². The SMILES string of the molecule is C=C(F)[C@H]1C2=C(OC)NC21[C@@H](COC)[C@H](C)n1c2c(ccc1=O)CN(S(=O)(=O)Nc1cccnn1)CC2. The molecule has 37 heavy (non-hydrogen) atoms. The molecule has 2 N–H and O–H groups in total. The summed E-state index contributed by atoms with van der Waals surface area (Å²) in [5.74, 6) is -0.687. The second-order valence-electron chi connectivity index (χ2n) is 9.44. The summed E-state index contributed by atoms with van der Waals surface area (Å²) in [5, 5.41) is 10.7.